The summed E-state index contributed by atoms with van der Waals surface area (Å²) in [6.07, 6.45) is 1.81. The first kappa shape index (κ1) is 34.0. The highest BCUT2D eigenvalue weighted by molar-refractivity contribution is 9.10. The van der Waals surface area contributed by atoms with Crippen molar-refractivity contribution in [2.45, 2.75) is 33.7 Å². The first-order valence-electron chi connectivity index (χ1n) is 16.0. The second-order valence-electron chi connectivity index (χ2n) is 11.5. The number of rotatable bonds is 11. The highest BCUT2D eigenvalue weighted by Crippen LogP contribution is 2.37. The number of aryl methyl sites for hydroxylation is 2. The molecule has 1 aliphatic rings. The molecule has 1 N–H and O–H groups in total. The second-order valence-corrected chi connectivity index (χ2v) is 13.4. The Morgan fingerprint density at radius 3 is 2.35 bits per heavy atom. The van der Waals surface area contributed by atoms with Gasteiger partial charge in [0.25, 0.3) is 11.5 Å². The van der Waals surface area contributed by atoms with Crippen LogP contribution >= 0.6 is 27.3 Å². The molecule has 0 bridgehead atoms. The maximum absolute atomic E-state index is 14.2. The summed E-state index contributed by atoms with van der Waals surface area (Å²) < 4.78 is 20.7. The zero-order valence-electron chi connectivity index (χ0n) is 27.7. The molecule has 0 aliphatic carbocycles. The number of hydrogen-bond acceptors (Lipinski definition) is 7. The Morgan fingerprint density at radius 1 is 0.918 bits per heavy atom. The molecule has 49 heavy (non-hydrogen) atoms. The van der Waals surface area contributed by atoms with Gasteiger partial charge >= 0.3 is 0 Å². The van der Waals surface area contributed by atoms with Gasteiger partial charge in [0.15, 0.2) is 16.3 Å². The number of allylic oxidation sites excluding steroid dienone is 1. The Hall–Kier alpha value is -4.93. The van der Waals surface area contributed by atoms with E-state index in [2.05, 4.69) is 35.1 Å². The first-order valence-corrected chi connectivity index (χ1v) is 17.6. The lowest BCUT2D eigenvalue weighted by Gasteiger charge is -2.25. The van der Waals surface area contributed by atoms with Crippen molar-refractivity contribution in [2.24, 2.45) is 4.99 Å². The molecule has 0 spiro atoms. The maximum atomic E-state index is 14.2. The molecular formula is C39H36BrN3O5S. The van der Waals surface area contributed by atoms with Crippen LogP contribution in [0.15, 0.2) is 117 Å². The van der Waals surface area contributed by atoms with Gasteiger partial charge in [-0.1, -0.05) is 65.9 Å². The number of hydrogen-bond donors (Lipinski definition) is 1. The summed E-state index contributed by atoms with van der Waals surface area (Å²) in [4.78, 5) is 33.2. The number of fused-ring (bicyclic) bond motifs is 1. The van der Waals surface area contributed by atoms with Gasteiger partial charge in [-0.15, -0.1) is 0 Å². The van der Waals surface area contributed by atoms with Crippen LogP contribution in [0.1, 0.15) is 42.1 Å². The van der Waals surface area contributed by atoms with Crippen molar-refractivity contribution in [2.75, 3.05) is 25.1 Å². The number of carbonyl (C=O) groups excluding carboxylic acids is 1. The van der Waals surface area contributed by atoms with Crippen LogP contribution in [-0.2, 0) is 4.79 Å². The number of ether oxygens (including phenoxy) is 3. The van der Waals surface area contributed by atoms with E-state index in [9.17, 15) is 9.59 Å². The minimum absolute atomic E-state index is 0.243. The van der Waals surface area contributed by atoms with Crippen molar-refractivity contribution in [3.63, 3.8) is 0 Å². The minimum Gasteiger partial charge on any atom is -0.490 e. The molecule has 0 saturated heterocycles. The number of anilines is 1. The van der Waals surface area contributed by atoms with E-state index in [4.69, 9.17) is 19.2 Å². The van der Waals surface area contributed by atoms with E-state index in [1.54, 1.807) is 4.57 Å². The fourth-order valence-corrected chi connectivity index (χ4v) is 7.24. The summed E-state index contributed by atoms with van der Waals surface area (Å²) in [6, 6.07) is 27.9. The van der Waals surface area contributed by atoms with Crippen molar-refractivity contribution >= 4 is 44.9 Å². The van der Waals surface area contributed by atoms with Crippen LogP contribution in [0.3, 0.4) is 0 Å². The summed E-state index contributed by atoms with van der Waals surface area (Å²) in [5.74, 6) is 1.58. The fraction of sp³-hybridized carbons (Fsp3) is 0.205. The molecule has 4 aromatic carbocycles. The van der Waals surface area contributed by atoms with Gasteiger partial charge in [-0.25, -0.2) is 4.99 Å². The monoisotopic (exact) mass is 737 g/mol. The topological polar surface area (TPSA) is 91.2 Å². The maximum Gasteiger partial charge on any atom is 0.271 e. The average Bonchev–Trinajstić information content (AvgIpc) is 3.39. The number of para-hydroxylation sites is 1. The normalized spacial score (nSPS) is 14.2. The Labute approximate surface area is 297 Å². The molecule has 250 valence electrons. The molecule has 0 radical (unpaired) electrons. The van der Waals surface area contributed by atoms with E-state index < -0.39 is 6.04 Å². The molecule has 1 atom stereocenters. The zero-order valence-corrected chi connectivity index (χ0v) is 30.1. The number of carbonyl (C=O) groups is 1. The summed E-state index contributed by atoms with van der Waals surface area (Å²) in [5.41, 5.74) is 5.33. The van der Waals surface area contributed by atoms with Gasteiger partial charge < -0.3 is 19.5 Å². The molecule has 8 nitrogen and oxygen atoms in total. The van der Waals surface area contributed by atoms with Gasteiger partial charge in [0.2, 0.25) is 0 Å². The largest absolute Gasteiger partial charge is 0.490 e. The van der Waals surface area contributed by atoms with Crippen molar-refractivity contribution in [3.8, 4) is 17.2 Å². The van der Waals surface area contributed by atoms with Crippen molar-refractivity contribution in [1.29, 1.82) is 0 Å². The lowest BCUT2D eigenvalue weighted by atomic mass is 9.95. The molecule has 0 fully saturated rings. The first-order chi connectivity index (χ1) is 23.7. The lowest BCUT2D eigenvalue weighted by Crippen LogP contribution is -2.40. The van der Waals surface area contributed by atoms with E-state index in [-0.39, 0.29) is 11.5 Å². The van der Waals surface area contributed by atoms with Crippen molar-refractivity contribution in [1.82, 2.24) is 4.57 Å². The highest BCUT2D eigenvalue weighted by Gasteiger charge is 2.32. The standard InChI is InChI=1S/C39H36BrN3O5S/c1-5-46-32-22-27(21-31(40)36(32)48-19-18-47-30-17-16-24(2)25(3)20-30)23-33-38(45)43-35(28-12-8-6-9-13-28)34(26(4)41-39(43)49-33)37(44)42-29-14-10-7-11-15-29/h6-17,20-23,35H,5,18-19H2,1-4H3,(H,42,44)/b33-23-/t35-/m0/s1. The van der Waals surface area contributed by atoms with E-state index in [0.29, 0.717) is 62.1 Å². The summed E-state index contributed by atoms with van der Waals surface area (Å²) >= 11 is 4.94. The number of nitrogens with zero attached hydrogens (tertiary/aromatic N) is 2. The number of nitrogens with one attached hydrogen (secondary N) is 1. The molecule has 2 heterocycles. The Morgan fingerprint density at radius 2 is 1.63 bits per heavy atom. The predicted octanol–water partition coefficient (Wildman–Crippen LogP) is 7.11. The average molecular weight is 739 g/mol. The Balaban J connectivity index is 1.31. The van der Waals surface area contributed by atoms with E-state index >= 15 is 0 Å². The van der Waals surface area contributed by atoms with Crippen LogP contribution in [0.5, 0.6) is 17.2 Å². The third kappa shape index (κ3) is 7.55. The van der Waals surface area contributed by atoms with Gasteiger partial charge in [0, 0.05) is 5.69 Å². The quantitative estimate of drug-likeness (QED) is 0.146. The highest BCUT2D eigenvalue weighted by atomic mass is 79.9. The number of halogens is 1. The molecule has 6 rings (SSSR count). The van der Waals surface area contributed by atoms with Crippen molar-refractivity contribution in [3.05, 3.63) is 149 Å². The molecule has 1 aliphatic heterocycles. The third-order valence-corrected chi connectivity index (χ3v) is 9.69. The third-order valence-electron chi connectivity index (χ3n) is 8.12. The van der Waals surface area contributed by atoms with Gasteiger partial charge in [0.1, 0.15) is 19.0 Å². The number of aromatic nitrogens is 1. The summed E-state index contributed by atoms with van der Waals surface area (Å²) in [6.45, 7) is 8.93. The van der Waals surface area contributed by atoms with Gasteiger partial charge in [-0.3, -0.25) is 14.2 Å². The van der Waals surface area contributed by atoms with E-state index in [0.717, 1.165) is 16.9 Å². The fourth-order valence-electron chi connectivity index (χ4n) is 5.62. The van der Waals surface area contributed by atoms with Crippen LogP contribution < -0.4 is 34.4 Å². The summed E-state index contributed by atoms with van der Waals surface area (Å²) in [7, 11) is 0. The van der Waals surface area contributed by atoms with Crippen LogP contribution in [0, 0.1) is 13.8 Å². The Kier molecular flexibility index (Phi) is 10.5. The van der Waals surface area contributed by atoms with Crippen LogP contribution in [0.25, 0.3) is 6.08 Å². The van der Waals surface area contributed by atoms with Gasteiger partial charge in [-0.05, 0) is 108 Å². The van der Waals surface area contributed by atoms with E-state index in [1.165, 1.54) is 22.5 Å². The minimum atomic E-state index is -0.657. The number of thiazole rings is 1. The molecule has 5 aromatic rings. The smallest absolute Gasteiger partial charge is 0.271 e. The van der Waals surface area contributed by atoms with Crippen LogP contribution in [0.4, 0.5) is 5.69 Å². The molecule has 0 saturated carbocycles. The number of amides is 1. The van der Waals surface area contributed by atoms with E-state index in [1.807, 2.05) is 111 Å². The number of benzene rings is 4. The molecule has 0 unspecified atom stereocenters. The second kappa shape index (κ2) is 15.1. The lowest BCUT2D eigenvalue weighted by molar-refractivity contribution is -0.113. The van der Waals surface area contributed by atoms with Gasteiger partial charge in [0.05, 0.1) is 32.9 Å². The van der Waals surface area contributed by atoms with Gasteiger partial charge in [-0.2, -0.15) is 0 Å². The summed E-state index contributed by atoms with van der Waals surface area (Å²) in [5, 5.41) is 2.98. The predicted molar refractivity (Wildman–Crippen MR) is 197 cm³/mol. The van der Waals surface area contributed by atoms with Crippen LogP contribution in [-0.4, -0.2) is 30.3 Å². The molecule has 10 heteroatoms. The Bertz CT molecular complexity index is 2210. The van der Waals surface area contributed by atoms with Crippen molar-refractivity contribution < 1.29 is 19.0 Å². The molecule has 1 aromatic heterocycles. The molecule has 1 amide bonds. The SMILES string of the molecule is CCOc1cc(/C=c2\sc3n(c2=O)[C@@H](c2ccccc2)C(C(=O)Nc2ccccc2)=C(C)N=3)cc(Br)c1OCCOc1ccc(C)c(C)c1. The van der Waals surface area contributed by atoms with Crippen LogP contribution in [0.2, 0.25) is 0 Å². The zero-order chi connectivity index (χ0) is 34.5. The molecular weight excluding hydrogens is 702 g/mol.